The Morgan fingerprint density at radius 1 is 0.523 bits per heavy atom. The summed E-state index contributed by atoms with van der Waals surface area (Å²) in [5.74, 6) is -9.25. The van der Waals surface area contributed by atoms with Crippen molar-refractivity contribution in [1.82, 2.24) is 16.0 Å². The Morgan fingerprint density at radius 2 is 1.01 bits per heavy atom. The number of aliphatic hydroxyl groups excluding tert-OH is 16. The molecular formula is C73H131BN3O30. The molecule has 20 N–H and O–H groups in total. The molecule has 0 aromatic heterocycles. The zero-order chi connectivity index (χ0) is 78.8. The minimum absolute atomic E-state index is 0.144. The number of rotatable bonds is 52. The van der Waals surface area contributed by atoms with E-state index in [0.717, 1.165) is 72.5 Å². The number of hydrogen-bond acceptors (Lipinski definition) is 29. The van der Waals surface area contributed by atoms with Gasteiger partial charge in [-0.2, -0.15) is 0 Å². The summed E-state index contributed by atoms with van der Waals surface area (Å²) in [4.78, 5) is 53.0. The van der Waals surface area contributed by atoms with Gasteiger partial charge in [0.2, 0.25) is 17.7 Å². The molecular weight excluding hydrogens is 1410 g/mol. The van der Waals surface area contributed by atoms with Gasteiger partial charge in [-0.05, 0) is 25.1 Å². The molecule has 5 fully saturated rings. The molecule has 33 nitrogen and oxygen atoms in total. The third kappa shape index (κ3) is 29.2. The van der Waals surface area contributed by atoms with Gasteiger partial charge < -0.3 is 145 Å². The molecule has 621 valence electrons. The smallest absolute Gasteiger partial charge is 0.364 e. The summed E-state index contributed by atoms with van der Waals surface area (Å²) < 4.78 is 54.5. The first-order valence-corrected chi connectivity index (χ1v) is 39.3. The Kier molecular flexibility index (Phi) is 44.1. The number of aliphatic hydroxyl groups is 16. The van der Waals surface area contributed by atoms with Crippen LogP contribution < -0.4 is 16.0 Å². The van der Waals surface area contributed by atoms with Crippen molar-refractivity contribution in [3.63, 3.8) is 0 Å². The maximum absolute atomic E-state index is 13.8. The highest BCUT2D eigenvalue weighted by Gasteiger charge is 2.62. The third-order valence-electron chi connectivity index (χ3n) is 20.9. The van der Waals surface area contributed by atoms with E-state index in [4.69, 9.17) is 42.6 Å². The van der Waals surface area contributed by atoms with Gasteiger partial charge in [0.25, 0.3) is 5.79 Å². The number of allylic oxidation sites excluding steroid dienone is 1. The minimum Gasteiger partial charge on any atom is -0.477 e. The van der Waals surface area contributed by atoms with Crippen LogP contribution in [-0.2, 0) is 61.8 Å². The van der Waals surface area contributed by atoms with Crippen LogP contribution in [0.1, 0.15) is 214 Å². The topological polar surface area (TPSA) is 531 Å². The number of unbranched alkanes of at least 4 members (excludes halogenated alkanes) is 25. The van der Waals surface area contributed by atoms with Crippen molar-refractivity contribution in [1.29, 1.82) is 0 Å². The largest absolute Gasteiger partial charge is 0.477 e. The molecule has 5 aliphatic heterocycles. The number of carboxylic acids is 1. The number of carboxylic acid groups (broad SMARTS) is 1. The Bertz CT molecular complexity index is 2510. The molecule has 5 rings (SSSR count). The highest BCUT2D eigenvalue weighted by atomic mass is 16.8. The van der Waals surface area contributed by atoms with Crippen LogP contribution in [0.2, 0.25) is 5.82 Å². The second-order valence-electron chi connectivity index (χ2n) is 29.6. The molecule has 5 heterocycles. The molecule has 11 unspecified atom stereocenters. The van der Waals surface area contributed by atoms with Crippen LogP contribution in [0.15, 0.2) is 12.2 Å². The maximum atomic E-state index is 13.8. The van der Waals surface area contributed by atoms with Gasteiger partial charge in [0, 0.05) is 33.3 Å². The van der Waals surface area contributed by atoms with Crippen LogP contribution in [0.3, 0.4) is 0 Å². The highest BCUT2D eigenvalue weighted by molar-refractivity contribution is 6.40. The standard InChI is InChI=1S/C73H131BN3O30/c1-5-7-9-11-13-15-17-19-20-22-24-26-28-30-32-34-52(88)77-45(46(85)33-31-29-27-25-23-21-18-16-14-12-10-8-6-2)41-99-70-61(95)59(93)64(51(40-82)102-70)103-68-62(96)67(107-73(72(97)98)35-47(86)53(75-42(3)83)66(106-73)55(89)48(87)37-79)63(44(36-78)74-68)104-69-54(76-43(4)84)65(57(91)50(39-81)100-69)105-71-60(94)58(92)56(90)49(38-80)101-71/h31,33,44-51,53-71,78-82,85-87,89-96H,5-30,32,34-41H2,1-4H3,(H,75,83)(H,76,84)(H,77,88)(H,97,98)/b33-31+/t44-,45?,46-,47?,48?,49-,50-,51?,53-,54?,55?,56+,57+,58+,59?,60?,61-,62?,63+,64-,65-,66?,67-,68+,69+,70?,71+,73+/m1/s1. The second kappa shape index (κ2) is 50.0. The van der Waals surface area contributed by atoms with Crippen LogP contribution in [0.5, 0.6) is 0 Å². The summed E-state index contributed by atoms with van der Waals surface area (Å²) in [6, 6.07) is -6.70. The van der Waals surface area contributed by atoms with Gasteiger partial charge in [-0.15, -0.1) is 0 Å². The number of carbonyl (C=O) groups is 4. The lowest BCUT2D eigenvalue weighted by Crippen LogP contribution is -2.72. The third-order valence-corrected chi connectivity index (χ3v) is 20.9. The van der Waals surface area contributed by atoms with Gasteiger partial charge >= 0.3 is 5.97 Å². The van der Waals surface area contributed by atoms with E-state index in [0.29, 0.717) is 12.8 Å². The van der Waals surface area contributed by atoms with Crippen LogP contribution in [0.4, 0.5) is 0 Å². The zero-order valence-electron chi connectivity index (χ0n) is 63.0. The Morgan fingerprint density at radius 3 is 1.52 bits per heavy atom. The number of aliphatic carboxylic acids is 1. The number of amides is 3. The number of hydrogen-bond donors (Lipinski definition) is 20. The highest BCUT2D eigenvalue weighted by Crippen LogP contribution is 2.42. The van der Waals surface area contributed by atoms with E-state index in [9.17, 15) is 106 Å². The van der Waals surface area contributed by atoms with Gasteiger partial charge in [0.15, 0.2) is 26.1 Å². The fraction of sp³-hybridized carbons (Fsp3) is 0.918. The van der Waals surface area contributed by atoms with Gasteiger partial charge in [-0.1, -0.05) is 180 Å². The molecule has 0 aromatic carbocycles. The normalized spacial score (nSPS) is 34.5. The summed E-state index contributed by atoms with van der Waals surface area (Å²) in [5.41, 5.74) is 0. The molecule has 0 saturated carbocycles. The fourth-order valence-corrected chi connectivity index (χ4v) is 14.6. The lowest BCUT2D eigenvalue weighted by molar-refractivity contribution is -0.365. The molecule has 5 aliphatic rings. The SMILES string of the molecule is CCCCCCCCCCCCC/C=C/[C@@H](O)C(COC1OC(CO)[C@@H](O[C@@H]2[B][C@H](CO)[C@H](O[C@@H]3O[C@H](CO)[C@H](O)[C@H](O[C@@H]4O[C@H](CO)[C@H](O)[C@H](O)C4O)C3NC(C)=O)[C@H](O[C@]3(C(=O)O)CC(O)[C@@H](NC(C)=O)C(C(O)C(O)CO)O3)C2O)C(O)[C@H]1O)NC(=O)CCCCCCCCCCCCCCCCC. The molecule has 3 amide bonds. The average molecular weight is 1540 g/mol. The van der Waals surface area contributed by atoms with Crippen molar-refractivity contribution >= 4 is 31.0 Å². The average Bonchev–Trinajstić information content (AvgIpc) is 0.750. The van der Waals surface area contributed by atoms with Crippen molar-refractivity contribution in [2.75, 3.05) is 39.6 Å². The van der Waals surface area contributed by atoms with E-state index < -0.39 is 234 Å². The van der Waals surface area contributed by atoms with Crippen molar-refractivity contribution in [3.8, 4) is 0 Å². The Balaban J connectivity index is 1.40. The van der Waals surface area contributed by atoms with Crippen LogP contribution in [-0.4, -0.2) is 322 Å². The molecule has 34 heteroatoms. The first-order chi connectivity index (χ1) is 51.3. The molecule has 107 heavy (non-hydrogen) atoms. The van der Waals surface area contributed by atoms with Gasteiger partial charge in [0.05, 0.1) is 69.4 Å². The predicted octanol–water partition coefficient (Wildman–Crippen LogP) is -0.935. The van der Waals surface area contributed by atoms with Crippen LogP contribution in [0.25, 0.3) is 0 Å². The van der Waals surface area contributed by atoms with Gasteiger partial charge in [-0.3, -0.25) is 14.4 Å². The Hall–Kier alpha value is -3.32. The van der Waals surface area contributed by atoms with Crippen molar-refractivity contribution in [2.45, 2.75) is 384 Å². The Labute approximate surface area is 629 Å². The van der Waals surface area contributed by atoms with Gasteiger partial charge in [-0.25, -0.2) is 4.79 Å². The van der Waals surface area contributed by atoms with Crippen LogP contribution in [0, 0.1) is 0 Å². The summed E-state index contributed by atoms with van der Waals surface area (Å²) in [6.45, 7) is 0.623. The zero-order valence-corrected chi connectivity index (χ0v) is 63.0. The molecule has 28 atom stereocenters. The lowest BCUT2D eigenvalue weighted by atomic mass is 9.50. The van der Waals surface area contributed by atoms with E-state index in [1.54, 1.807) is 6.08 Å². The first kappa shape index (κ1) is 94.3. The van der Waals surface area contributed by atoms with E-state index in [1.807, 2.05) is 6.08 Å². The number of ether oxygens (including phenoxy) is 9. The van der Waals surface area contributed by atoms with E-state index >= 15 is 0 Å². The minimum atomic E-state index is -3.34. The molecule has 0 spiro atoms. The predicted molar refractivity (Wildman–Crippen MR) is 383 cm³/mol. The molecule has 0 bridgehead atoms. The van der Waals surface area contributed by atoms with Gasteiger partial charge in [0.1, 0.15) is 104 Å². The van der Waals surface area contributed by atoms with E-state index in [2.05, 4.69) is 29.8 Å². The second-order valence-corrected chi connectivity index (χ2v) is 29.6. The number of carbonyl (C=O) groups excluding carboxylic acids is 3. The first-order valence-electron chi connectivity index (χ1n) is 39.3. The summed E-state index contributed by atoms with van der Waals surface area (Å²) in [5, 5.41) is 197. The summed E-state index contributed by atoms with van der Waals surface area (Å²) >= 11 is 0. The molecule has 0 aromatic rings. The van der Waals surface area contributed by atoms with Crippen LogP contribution >= 0.6 is 0 Å². The number of nitrogens with one attached hydrogen (secondary N) is 3. The maximum Gasteiger partial charge on any atom is 0.364 e. The quantitative estimate of drug-likeness (QED) is 0.0199. The van der Waals surface area contributed by atoms with E-state index in [1.165, 1.54) is 109 Å². The van der Waals surface area contributed by atoms with Crippen molar-refractivity contribution in [3.05, 3.63) is 12.2 Å². The fourth-order valence-electron chi connectivity index (χ4n) is 14.6. The lowest BCUT2D eigenvalue weighted by Gasteiger charge is -2.53. The van der Waals surface area contributed by atoms with Crippen molar-refractivity contribution in [2.24, 2.45) is 0 Å². The summed E-state index contributed by atoms with van der Waals surface area (Å²) in [7, 11) is 1.06. The monoisotopic (exact) mass is 1540 g/mol. The summed E-state index contributed by atoms with van der Waals surface area (Å²) in [6.07, 6.45) is -11.2. The van der Waals surface area contributed by atoms with Crippen molar-refractivity contribution < 1.29 is 149 Å². The molecule has 5 saturated heterocycles. The molecule has 0 aliphatic carbocycles. The molecule has 1 radical (unpaired) electrons. The van der Waals surface area contributed by atoms with E-state index in [-0.39, 0.29) is 12.3 Å².